The number of ether oxygens (including phenoxy) is 2. The summed E-state index contributed by atoms with van der Waals surface area (Å²) in [6.45, 7) is 2.57. The Morgan fingerprint density at radius 3 is 2.69 bits per heavy atom. The number of aromatic nitrogens is 4. The number of methoxy groups -OCH3 is 1. The lowest BCUT2D eigenvalue weighted by Crippen LogP contribution is -2.32. The maximum atomic E-state index is 12.8. The quantitative estimate of drug-likeness (QED) is 0.566. The van der Waals surface area contributed by atoms with Gasteiger partial charge in [0.2, 0.25) is 0 Å². The topological polar surface area (TPSA) is 91.2 Å². The number of aryl methyl sites for hydroxylation is 1. The molecule has 1 fully saturated rings. The van der Waals surface area contributed by atoms with E-state index < -0.39 is 12.4 Å². The van der Waals surface area contributed by atoms with E-state index in [9.17, 15) is 18.0 Å². The highest BCUT2D eigenvalue weighted by Gasteiger charge is 2.37. The first-order valence-electron chi connectivity index (χ1n) is 10.1. The van der Waals surface area contributed by atoms with Crippen molar-refractivity contribution in [3.63, 3.8) is 0 Å². The number of rotatable bonds is 8. The van der Waals surface area contributed by atoms with Gasteiger partial charge in [-0.2, -0.15) is 0 Å². The van der Waals surface area contributed by atoms with Crippen LogP contribution in [0.2, 0.25) is 0 Å². The minimum Gasteiger partial charge on any atom is -0.406 e. The van der Waals surface area contributed by atoms with Gasteiger partial charge in [-0.15, -0.1) is 13.2 Å². The first-order chi connectivity index (χ1) is 15.2. The minimum absolute atomic E-state index is 0.168. The van der Waals surface area contributed by atoms with Crippen molar-refractivity contribution >= 4 is 16.9 Å². The Balaban J connectivity index is 1.70. The number of fused-ring (bicyclic) bond motifs is 1. The average Bonchev–Trinajstić information content (AvgIpc) is 3.51. The van der Waals surface area contributed by atoms with E-state index in [1.807, 2.05) is 4.57 Å². The van der Waals surface area contributed by atoms with Crippen LogP contribution in [-0.2, 0) is 11.3 Å². The summed E-state index contributed by atoms with van der Waals surface area (Å²) < 4.78 is 49.0. The fraction of sp³-hybridized carbons (Fsp3) is 0.429. The highest BCUT2D eigenvalue weighted by molar-refractivity contribution is 5.92. The van der Waals surface area contributed by atoms with Crippen molar-refractivity contribution in [3.8, 4) is 5.75 Å². The molecule has 170 valence electrons. The van der Waals surface area contributed by atoms with E-state index in [1.165, 1.54) is 30.6 Å². The number of carbonyl (C=O) groups excluding carboxylic acids is 1. The molecule has 0 radical (unpaired) electrons. The van der Waals surface area contributed by atoms with Crippen LogP contribution >= 0.6 is 0 Å². The molecule has 1 aliphatic carbocycles. The van der Waals surface area contributed by atoms with Crippen LogP contribution in [0.1, 0.15) is 40.9 Å². The average molecular weight is 449 g/mol. The van der Waals surface area contributed by atoms with Crippen LogP contribution in [0.3, 0.4) is 0 Å². The van der Waals surface area contributed by atoms with Crippen molar-refractivity contribution in [2.75, 3.05) is 13.7 Å². The Morgan fingerprint density at radius 2 is 2.06 bits per heavy atom. The number of imidazole rings is 1. The van der Waals surface area contributed by atoms with Gasteiger partial charge >= 0.3 is 6.36 Å². The van der Waals surface area contributed by atoms with Gasteiger partial charge in [0.25, 0.3) is 5.91 Å². The van der Waals surface area contributed by atoms with Gasteiger partial charge in [-0.3, -0.25) is 9.78 Å². The van der Waals surface area contributed by atoms with Crippen LogP contribution in [0.15, 0.2) is 30.6 Å². The van der Waals surface area contributed by atoms with Crippen LogP contribution in [0.25, 0.3) is 11.0 Å². The lowest BCUT2D eigenvalue weighted by atomic mass is 10.1. The molecular formula is C21H22F3N5O3. The van der Waals surface area contributed by atoms with Crippen LogP contribution in [0.5, 0.6) is 5.75 Å². The number of nitrogens with one attached hydrogen (secondary N) is 1. The predicted octanol–water partition coefficient (Wildman–Crippen LogP) is 3.56. The number of nitrogens with zero attached hydrogens (tertiary/aromatic N) is 4. The third-order valence-corrected chi connectivity index (χ3v) is 5.17. The zero-order valence-corrected chi connectivity index (χ0v) is 17.5. The van der Waals surface area contributed by atoms with E-state index in [4.69, 9.17) is 4.74 Å². The number of carbonyl (C=O) groups is 1. The molecule has 0 aliphatic heterocycles. The smallest absolute Gasteiger partial charge is 0.406 e. The lowest BCUT2D eigenvalue weighted by molar-refractivity contribution is -0.274. The van der Waals surface area contributed by atoms with E-state index in [0.717, 1.165) is 12.8 Å². The second-order valence-electron chi connectivity index (χ2n) is 7.64. The van der Waals surface area contributed by atoms with Gasteiger partial charge in [-0.25, -0.2) is 9.97 Å². The third kappa shape index (κ3) is 4.98. The zero-order chi connectivity index (χ0) is 22.9. The summed E-state index contributed by atoms with van der Waals surface area (Å²) >= 11 is 0. The van der Waals surface area contributed by atoms with Gasteiger partial charge in [-0.05, 0) is 37.8 Å². The summed E-state index contributed by atoms with van der Waals surface area (Å²) in [7, 11) is 1.56. The van der Waals surface area contributed by atoms with E-state index in [2.05, 4.69) is 25.0 Å². The minimum atomic E-state index is -4.80. The van der Waals surface area contributed by atoms with Crippen molar-refractivity contribution in [2.45, 2.75) is 38.7 Å². The van der Waals surface area contributed by atoms with Crippen LogP contribution in [0, 0.1) is 12.8 Å². The number of benzene rings is 1. The molecule has 8 nitrogen and oxygen atoms in total. The summed E-state index contributed by atoms with van der Waals surface area (Å²) in [4.78, 5) is 25.6. The molecule has 3 aromatic rings. The summed E-state index contributed by atoms with van der Waals surface area (Å²) in [5, 5.41) is 2.98. The zero-order valence-electron chi connectivity index (χ0n) is 17.5. The highest BCUT2D eigenvalue weighted by Crippen LogP contribution is 2.42. The van der Waals surface area contributed by atoms with Gasteiger partial charge in [0.1, 0.15) is 17.3 Å². The van der Waals surface area contributed by atoms with E-state index in [-0.39, 0.29) is 23.3 Å². The third-order valence-electron chi connectivity index (χ3n) is 5.17. The van der Waals surface area contributed by atoms with Gasteiger partial charge in [0, 0.05) is 25.9 Å². The maximum absolute atomic E-state index is 12.8. The van der Waals surface area contributed by atoms with E-state index in [1.54, 1.807) is 14.0 Å². The molecule has 1 amide bonds. The second-order valence-corrected chi connectivity index (χ2v) is 7.64. The van der Waals surface area contributed by atoms with E-state index in [0.29, 0.717) is 35.7 Å². The lowest BCUT2D eigenvalue weighted by Gasteiger charge is -2.19. The molecule has 0 unspecified atom stereocenters. The molecule has 1 saturated carbocycles. The monoisotopic (exact) mass is 449 g/mol. The second kappa shape index (κ2) is 8.73. The van der Waals surface area contributed by atoms with Gasteiger partial charge < -0.3 is 19.4 Å². The van der Waals surface area contributed by atoms with Crippen molar-refractivity contribution in [1.29, 1.82) is 0 Å². The summed E-state index contributed by atoms with van der Waals surface area (Å²) in [5.41, 5.74) is 1.84. The van der Waals surface area contributed by atoms with Gasteiger partial charge in [0.15, 0.2) is 0 Å². The predicted molar refractivity (Wildman–Crippen MR) is 108 cm³/mol. The van der Waals surface area contributed by atoms with Crippen molar-refractivity contribution in [3.05, 3.63) is 47.8 Å². The van der Waals surface area contributed by atoms with Crippen LogP contribution in [-0.4, -0.2) is 45.5 Å². The Labute approximate surface area is 181 Å². The molecule has 0 spiro atoms. The molecule has 11 heteroatoms. The van der Waals surface area contributed by atoms with Gasteiger partial charge in [-0.1, -0.05) is 0 Å². The van der Waals surface area contributed by atoms with Crippen molar-refractivity contribution in [2.24, 2.45) is 5.92 Å². The molecule has 0 bridgehead atoms. The largest absolute Gasteiger partial charge is 0.573 e. The molecular weight excluding hydrogens is 427 g/mol. The van der Waals surface area contributed by atoms with Crippen molar-refractivity contribution < 1.29 is 27.4 Å². The Hall–Kier alpha value is -3.21. The maximum Gasteiger partial charge on any atom is 0.573 e. The standard InChI is InChI=1S/C21H22F3N5O3/c1-12-10-26-16(11-25-12)20(30)28-18(13-3-4-13)19-27-15-9-14(32-21(22,23)24)5-6-17(15)29(19)7-8-31-2/h5-6,9-11,13,18H,3-4,7-8H2,1-2H3,(H,28,30)/t18-/m0/s1. The van der Waals surface area contributed by atoms with Crippen molar-refractivity contribution in [1.82, 2.24) is 24.8 Å². The molecule has 4 rings (SSSR count). The number of amides is 1. The molecule has 1 atom stereocenters. The fourth-order valence-electron chi connectivity index (χ4n) is 3.53. The Kier molecular flexibility index (Phi) is 6.00. The molecule has 2 heterocycles. The number of hydrogen-bond donors (Lipinski definition) is 1. The molecule has 0 saturated heterocycles. The number of halogens is 3. The highest BCUT2D eigenvalue weighted by atomic mass is 19.4. The molecule has 1 aliphatic rings. The van der Waals surface area contributed by atoms with Gasteiger partial charge in [0.05, 0.1) is 35.6 Å². The summed E-state index contributed by atoms with van der Waals surface area (Å²) in [5.74, 6) is -0.0193. The molecule has 1 aromatic carbocycles. The Morgan fingerprint density at radius 1 is 1.28 bits per heavy atom. The fourth-order valence-corrected chi connectivity index (χ4v) is 3.53. The van der Waals surface area contributed by atoms with Crippen LogP contribution in [0.4, 0.5) is 13.2 Å². The first-order valence-corrected chi connectivity index (χ1v) is 10.1. The normalized spacial score (nSPS) is 15.0. The molecule has 32 heavy (non-hydrogen) atoms. The van der Waals surface area contributed by atoms with E-state index >= 15 is 0 Å². The SMILES string of the molecule is COCCn1c([C@@H](NC(=O)c2cnc(C)cn2)C2CC2)nc2cc(OC(F)(F)F)ccc21. The summed E-state index contributed by atoms with van der Waals surface area (Å²) in [6, 6.07) is 3.59. The first kappa shape index (κ1) is 22.0. The number of hydrogen-bond acceptors (Lipinski definition) is 6. The van der Waals surface area contributed by atoms with Crippen LogP contribution < -0.4 is 10.1 Å². The Bertz CT molecular complexity index is 1110. The molecule has 2 aromatic heterocycles. The molecule has 1 N–H and O–H groups in total. The summed E-state index contributed by atoms with van der Waals surface area (Å²) in [6.07, 6.45) is -0.0735. The number of alkyl halides is 3.